The number of methoxy groups -OCH3 is 1. The van der Waals surface area contributed by atoms with Gasteiger partial charge in [-0.25, -0.2) is 0 Å². The number of ether oxygens (including phenoxy) is 1. The van der Waals surface area contributed by atoms with Crippen molar-refractivity contribution in [1.29, 1.82) is 0 Å². The molecule has 0 aliphatic heterocycles. The molecule has 1 aromatic heterocycles. The van der Waals surface area contributed by atoms with Crippen LogP contribution >= 0.6 is 11.6 Å². The average molecular weight is 302 g/mol. The molecule has 0 aliphatic carbocycles. The van der Waals surface area contributed by atoms with Crippen LogP contribution in [0.15, 0.2) is 52.9 Å². The van der Waals surface area contributed by atoms with E-state index in [2.05, 4.69) is 0 Å². The van der Waals surface area contributed by atoms with Gasteiger partial charge in [-0.2, -0.15) is 0 Å². The van der Waals surface area contributed by atoms with Gasteiger partial charge in [0, 0.05) is 10.4 Å². The average Bonchev–Trinajstić information content (AvgIpc) is 2.90. The van der Waals surface area contributed by atoms with Crippen molar-refractivity contribution in [1.82, 2.24) is 0 Å². The molecule has 108 valence electrons. The van der Waals surface area contributed by atoms with Gasteiger partial charge in [-0.1, -0.05) is 23.7 Å². The SMILES string of the molecule is COc1cccc(CC(N)c2cc3cc(Cl)ccc3o2)c1. The summed E-state index contributed by atoms with van der Waals surface area (Å²) in [6, 6.07) is 15.2. The van der Waals surface area contributed by atoms with Crippen molar-refractivity contribution in [3.63, 3.8) is 0 Å². The first-order chi connectivity index (χ1) is 10.2. The molecule has 1 atom stereocenters. The van der Waals surface area contributed by atoms with E-state index in [1.165, 1.54) is 0 Å². The highest BCUT2D eigenvalue weighted by Gasteiger charge is 2.13. The maximum atomic E-state index is 6.25. The lowest BCUT2D eigenvalue weighted by molar-refractivity contribution is 0.414. The Labute approximate surface area is 128 Å². The molecule has 2 aromatic carbocycles. The topological polar surface area (TPSA) is 48.4 Å². The van der Waals surface area contributed by atoms with Crippen LogP contribution in [0, 0.1) is 0 Å². The minimum Gasteiger partial charge on any atom is -0.497 e. The molecule has 1 unspecified atom stereocenters. The van der Waals surface area contributed by atoms with E-state index in [1.54, 1.807) is 7.11 Å². The van der Waals surface area contributed by atoms with Crippen LogP contribution in [-0.4, -0.2) is 7.11 Å². The summed E-state index contributed by atoms with van der Waals surface area (Å²) in [5.41, 5.74) is 8.17. The number of nitrogens with two attached hydrogens (primary N) is 1. The summed E-state index contributed by atoms with van der Waals surface area (Å²) in [6.45, 7) is 0. The van der Waals surface area contributed by atoms with E-state index in [4.69, 9.17) is 26.5 Å². The number of hydrogen-bond donors (Lipinski definition) is 1. The molecule has 3 aromatic rings. The van der Waals surface area contributed by atoms with Gasteiger partial charge in [0.1, 0.15) is 17.1 Å². The predicted molar refractivity (Wildman–Crippen MR) is 84.9 cm³/mol. The Morgan fingerprint density at radius 1 is 1.19 bits per heavy atom. The summed E-state index contributed by atoms with van der Waals surface area (Å²) in [7, 11) is 1.65. The quantitative estimate of drug-likeness (QED) is 0.780. The van der Waals surface area contributed by atoms with E-state index in [0.29, 0.717) is 11.4 Å². The lowest BCUT2D eigenvalue weighted by Crippen LogP contribution is -2.12. The van der Waals surface area contributed by atoms with Crippen LogP contribution in [-0.2, 0) is 6.42 Å². The highest BCUT2D eigenvalue weighted by molar-refractivity contribution is 6.31. The first-order valence-corrected chi connectivity index (χ1v) is 7.11. The summed E-state index contributed by atoms with van der Waals surface area (Å²) in [4.78, 5) is 0. The monoisotopic (exact) mass is 301 g/mol. The molecular weight excluding hydrogens is 286 g/mol. The Bertz CT molecular complexity index is 766. The van der Waals surface area contributed by atoms with Crippen molar-refractivity contribution >= 4 is 22.6 Å². The van der Waals surface area contributed by atoms with Crippen molar-refractivity contribution < 1.29 is 9.15 Å². The van der Waals surface area contributed by atoms with Gasteiger partial charge in [-0.05, 0) is 48.4 Å². The lowest BCUT2D eigenvalue weighted by Gasteiger charge is -2.09. The Morgan fingerprint density at radius 2 is 2.05 bits per heavy atom. The standard InChI is InChI=1S/C17H16ClNO2/c1-20-14-4-2-3-11(7-14)8-15(19)17-10-12-9-13(18)5-6-16(12)21-17/h2-7,9-10,15H,8,19H2,1H3. The van der Waals surface area contributed by atoms with Gasteiger partial charge in [-0.15, -0.1) is 0 Å². The van der Waals surface area contributed by atoms with Gasteiger partial charge in [0.25, 0.3) is 0 Å². The number of halogens is 1. The fourth-order valence-corrected chi connectivity index (χ4v) is 2.55. The molecule has 0 fully saturated rings. The maximum absolute atomic E-state index is 6.25. The van der Waals surface area contributed by atoms with Gasteiger partial charge in [-0.3, -0.25) is 0 Å². The van der Waals surface area contributed by atoms with Gasteiger partial charge in [0.2, 0.25) is 0 Å². The van der Waals surface area contributed by atoms with Crippen LogP contribution in [0.3, 0.4) is 0 Å². The van der Waals surface area contributed by atoms with Gasteiger partial charge < -0.3 is 14.9 Å². The number of furan rings is 1. The van der Waals surface area contributed by atoms with Crippen molar-refractivity contribution in [3.8, 4) is 5.75 Å². The third-order valence-corrected chi connectivity index (χ3v) is 3.69. The highest BCUT2D eigenvalue weighted by atomic mass is 35.5. The second kappa shape index (κ2) is 5.80. The van der Waals surface area contributed by atoms with E-state index in [1.807, 2.05) is 48.5 Å². The van der Waals surface area contributed by atoms with Crippen molar-refractivity contribution in [2.45, 2.75) is 12.5 Å². The molecule has 3 nitrogen and oxygen atoms in total. The number of fused-ring (bicyclic) bond motifs is 1. The molecule has 0 bridgehead atoms. The Hall–Kier alpha value is -1.97. The smallest absolute Gasteiger partial charge is 0.134 e. The largest absolute Gasteiger partial charge is 0.497 e. The van der Waals surface area contributed by atoms with Crippen molar-refractivity contribution in [3.05, 3.63) is 64.9 Å². The lowest BCUT2D eigenvalue weighted by atomic mass is 10.0. The minimum absolute atomic E-state index is 0.205. The molecule has 0 spiro atoms. The molecule has 0 aliphatic rings. The molecule has 2 N–H and O–H groups in total. The van der Waals surface area contributed by atoms with Crippen molar-refractivity contribution in [2.24, 2.45) is 5.73 Å². The van der Waals surface area contributed by atoms with Gasteiger partial charge in [0.05, 0.1) is 13.2 Å². The van der Waals surface area contributed by atoms with E-state index < -0.39 is 0 Å². The first kappa shape index (κ1) is 14.0. The van der Waals surface area contributed by atoms with Gasteiger partial charge in [0.15, 0.2) is 0 Å². The van der Waals surface area contributed by atoms with Gasteiger partial charge >= 0.3 is 0 Å². The number of benzene rings is 2. The second-order valence-electron chi connectivity index (χ2n) is 4.99. The molecule has 0 saturated carbocycles. The minimum atomic E-state index is -0.205. The molecule has 3 rings (SSSR count). The molecule has 21 heavy (non-hydrogen) atoms. The fourth-order valence-electron chi connectivity index (χ4n) is 2.37. The normalized spacial score (nSPS) is 12.5. The maximum Gasteiger partial charge on any atom is 0.134 e. The molecule has 0 amide bonds. The zero-order valence-electron chi connectivity index (χ0n) is 11.7. The van der Waals surface area contributed by atoms with E-state index in [0.717, 1.165) is 28.0 Å². The Balaban J connectivity index is 1.84. The molecule has 4 heteroatoms. The second-order valence-corrected chi connectivity index (χ2v) is 5.43. The Kier molecular flexibility index (Phi) is 3.86. The molecule has 1 heterocycles. The van der Waals surface area contributed by atoms with E-state index in [9.17, 15) is 0 Å². The molecule has 0 radical (unpaired) electrons. The summed E-state index contributed by atoms with van der Waals surface area (Å²) in [6.07, 6.45) is 0.685. The first-order valence-electron chi connectivity index (χ1n) is 6.73. The van der Waals surface area contributed by atoms with Crippen LogP contribution in [0.1, 0.15) is 17.4 Å². The van der Waals surface area contributed by atoms with E-state index in [-0.39, 0.29) is 6.04 Å². The third kappa shape index (κ3) is 3.04. The Morgan fingerprint density at radius 3 is 2.86 bits per heavy atom. The van der Waals surface area contributed by atoms with Crippen LogP contribution in [0.2, 0.25) is 5.02 Å². The molecule has 0 saturated heterocycles. The number of hydrogen-bond acceptors (Lipinski definition) is 3. The van der Waals surface area contributed by atoms with Crippen molar-refractivity contribution in [2.75, 3.05) is 7.11 Å². The van der Waals surface area contributed by atoms with E-state index >= 15 is 0 Å². The summed E-state index contributed by atoms with van der Waals surface area (Å²) >= 11 is 5.98. The van der Waals surface area contributed by atoms with Crippen LogP contribution in [0.25, 0.3) is 11.0 Å². The predicted octanol–water partition coefficient (Wildman–Crippen LogP) is 4.34. The highest BCUT2D eigenvalue weighted by Crippen LogP contribution is 2.27. The summed E-state index contributed by atoms with van der Waals surface area (Å²) in [5.74, 6) is 1.59. The van der Waals surface area contributed by atoms with Crippen LogP contribution in [0.4, 0.5) is 0 Å². The third-order valence-electron chi connectivity index (χ3n) is 3.45. The zero-order valence-corrected chi connectivity index (χ0v) is 12.4. The number of rotatable bonds is 4. The summed E-state index contributed by atoms with van der Waals surface area (Å²) < 4.78 is 11.0. The molecular formula is C17H16ClNO2. The van der Waals surface area contributed by atoms with Crippen LogP contribution in [0.5, 0.6) is 5.75 Å². The summed E-state index contributed by atoms with van der Waals surface area (Å²) in [5, 5.41) is 1.66. The van der Waals surface area contributed by atoms with Crippen LogP contribution < -0.4 is 10.5 Å². The fraction of sp³-hybridized carbons (Fsp3) is 0.176. The zero-order chi connectivity index (χ0) is 14.8.